The summed E-state index contributed by atoms with van der Waals surface area (Å²) in [5, 5.41) is 3.21. The highest BCUT2D eigenvalue weighted by Gasteiger charge is 2.51. The molecule has 4 fully saturated rings. The van der Waals surface area contributed by atoms with Gasteiger partial charge in [-0.05, 0) is 56.3 Å². The zero-order chi connectivity index (χ0) is 10.5. The number of hydrogen-bond donors (Lipinski definition) is 2. The molecule has 0 atom stereocenters. The minimum atomic E-state index is 0.0388. The highest BCUT2D eigenvalue weighted by Crippen LogP contribution is 2.55. The maximum absolute atomic E-state index is 11.5. The van der Waals surface area contributed by atoms with Crippen molar-refractivity contribution in [2.24, 2.45) is 23.5 Å². The summed E-state index contributed by atoms with van der Waals surface area (Å²) in [5.74, 6) is 2.69. The topological polar surface area (TPSA) is 55.1 Å². The van der Waals surface area contributed by atoms with Crippen molar-refractivity contribution in [3.05, 3.63) is 0 Å². The van der Waals surface area contributed by atoms with Crippen molar-refractivity contribution in [1.29, 1.82) is 0 Å². The third-order valence-corrected chi connectivity index (χ3v) is 4.63. The number of rotatable bonds is 2. The number of nitrogens with one attached hydrogen (secondary N) is 1. The Morgan fingerprint density at radius 2 is 1.60 bits per heavy atom. The Balaban J connectivity index is 1.78. The van der Waals surface area contributed by atoms with Gasteiger partial charge in [0, 0.05) is 5.54 Å². The van der Waals surface area contributed by atoms with Crippen LogP contribution in [0.1, 0.15) is 38.5 Å². The molecule has 4 saturated carbocycles. The van der Waals surface area contributed by atoms with Crippen LogP contribution in [0.3, 0.4) is 0 Å². The average molecular weight is 208 g/mol. The fourth-order valence-corrected chi connectivity index (χ4v) is 4.61. The summed E-state index contributed by atoms with van der Waals surface area (Å²) in [6.45, 7) is 0.141. The van der Waals surface area contributed by atoms with Crippen LogP contribution in [-0.4, -0.2) is 18.0 Å². The van der Waals surface area contributed by atoms with Gasteiger partial charge in [0.2, 0.25) is 5.91 Å². The lowest BCUT2D eigenvalue weighted by Gasteiger charge is -2.56. The van der Waals surface area contributed by atoms with Gasteiger partial charge in [-0.2, -0.15) is 0 Å². The molecule has 15 heavy (non-hydrogen) atoms. The van der Waals surface area contributed by atoms with Crippen molar-refractivity contribution in [2.75, 3.05) is 6.54 Å². The van der Waals surface area contributed by atoms with Gasteiger partial charge in [-0.1, -0.05) is 0 Å². The molecule has 4 aliphatic rings. The maximum Gasteiger partial charge on any atom is 0.234 e. The highest BCUT2D eigenvalue weighted by atomic mass is 16.2. The molecule has 4 bridgehead atoms. The molecule has 0 aromatic carbocycles. The largest absolute Gasteiger partial charge is 0.350 e. The van der Waals surface area contributed by atoms with E-state index in [0.717, 1.165) is 17.8 Å². The Morgan fingerprint density at radius 1 is 1.13 bits per heavy atom. The van der Waals surface area contributed by atoms with E-state index < -0.39 is 0 Å². The smallest absolute Gasteiger partial charge is 0.234 e. The summed E-state index contributed by atoms with van der Waals surface area (Å²) in [6, 6.07) is 0. The van der Waals surface area contributed by atoms with Crippen LogP contribution in [0, 0.1) is 17.8 Å². The predicted molar refractivity (Wildman–Crippen MR) is 58.1 cm³/mol. The van der Waals surface area contributed by atoms with E-state index in [1.807, 2.05) is 0 Å². The van der Waals surface area contributed by atoms with Crippen LogP contribution in [0.5, 0.6) is 0 Å². The fraction of sp³-hybridized carbons (Fsp3) is 0.917. The first-order valence-electron chi connectivity index (χ1n) is 6.20. The Morgan fingerprint density at radius 3 is 2.00 bits per heavy atom. The quantitative estimate of drug-likeness (QED) is 0.712. The molecule has 3 nitrogen and oxygen atoms in total. The molecule has 3 heteroatoms. The Bertz CT molecular complexity index is 252. The van der Waals surface area contributed by atoms with Crippen LogP contribution in [0.25, 0.3) is 0 Å². The summed E-state index contributed by atoms with van der Waals surface area (Å²) in [7, 11) is 0. The number of amides is 1. The monoisotopic (exact) mass is 208 g/mol. The molecule has 0 radical (unpaired) electrons. The van der Waals surface area contributed by atoms with Gasteiger partial charge in [0.1, 0.15) is 0 Å². The molecular formula is C12H20N2O. The van der Waals surface area contributed by atoms with E-state index in [4.69, 9.17) is 5.73 Å². The first kappa shape index (κ1) is 9.64. The Labute approximate surface area is 90.8 Å². The first-order valence-corrected chi connectivity index (χ1v) is 6.20. The lowest BCUT2D eigenvalue weighted by Crippen LogP contribution is -2.60. The summed E-state index contributed by atoms with van der Waals surface area (Å²) < 4.78 is 0. The molecule has 0 unspecified atom stereocenters. The van der Waals surface area contributed by atoms with Crippen LogP contribution in [0.2, 0.25) is 0 Å². The number of hydrogen-bond acceptors (Lipinski definition) is 2. The number of carbonyl (C=O) groups is 1. The van der Waals surface area contributed by atoms with Gasteiger partial charge >= 0.3 is 0 Å². The van der Waals surface area contributed by atoms with Crippen LogP contribution in [-0.2, 0) is 4.79 Å². The van der Waals surface area contributed by atoms with Crippen molar-refractivity contribution in [1.82, 2.24) is 5.32 Å². The maximum atomic E-state index is 11.5. The van der Waals surface area contributed by atoms with Gasteiger partial charge in [-0.15, -0.1) is 0 Å². The highest BCUT2D eigenvalue weighted by molar-refractivity contribution is 5.78. The third kappa shape index (κ3) is 1.57. The normalized spacial score (nSPS) is 46.9. The molecular weight excluding hydrogens is 188 g/mol. The van der Waals surface area contributed by atoms with Crippen molar-refractivity contribution < 1.29 is 4.79 Å². The first-order chi connectivity index (χ1) is 7.19. The standard InChI is InChI=1S/C12H20N2O/c13-7-11(15)14-12-4-8-1-9(5-12)3-10(2-8)6-12/h8-10H,1-7,13H2,(H,14,15). The van der Waals surface area contributed by atoms with E-state index in [1.54, 1.807) is 0 Å². The van der Waals surface area contributed by atoms with Gasteiger partial charge in [0.05, 0.1) is 6.54 Å². The van der Waals surface area contributed by atoms with E-state index in [-0.39, 0.29) is 18.0 Å². The second kappa shape index (κ2) is 3.21. The average Bonchev–Trinajstić information content (AvgIpc) is 2.14. The van der Waals surface area contributed by atoms with Crippen molar-refractivity contribution in [3.63, 3.8) is 0 Å². The van der Waals surface area contributed by atoms with E-state index in [1.165, 1.54) is 38.5 Å². The molecule has 0 aliphatic heterocycles. The summed E-state index contributed by atoms with van der Waals surface area (Å²) >= 11 is 0. The second-order valence-electron chi connectivity index (χ2n) is 5.95. The van der Waals surface area contributed by atoms with Gasteiger partial charge < -0.3 is 11.1 Å². The fourth-order valence-electron chi connectivity index (χ4n) is 4.61. The zero-order valence-corrected chi connectivity index (χ0v) is 9.17. The number of nitrogens with two attached hydrogens (primary N) is 1. The number of carbonyl (C=O) groups excluding carboxylic acids is 1. The molecule has 4 rings (SSSR count). The molecule has 3 N–H and O–H groups in total. The molecule has 0 saturated heterocycles. The third-order valence-electron chi connectivity index (χ3n) is 4.63. The lowest BCUT2D eigenvalue weighted by atomic mass is 9.53. The van der Waals surface area contributed by atoms with E-state index in [9.17, 15) is 4.79 Å². The van der Waals surface area contributed by atoms with Crippen molar-refractivity contribution in [2.45, 2.75) is 44.1 Å². The summed E-state index contributed by atoms with van der Waals surface area (Å²) in [6.07, 6.45) is 7.88. The Kier molecular flexibility index (Phi) is 2.06. The van der Waals surface area contributed by atoms with Crippen LogP contribution >= 0.6 is 0 Å². The van der Waals surface area contributed by atoms with E-state index >= 15 is 0 Å². The van der Waals surface area contributed by atoms with Gasteiger partial charge in [0.15, 0.2) is 0 Å². The molecule has 0 heterocycles. The van der Waals surface area contributed by atoms with E-state index in [2.05, 4.69) is 5.32 Å². The SMILES string of the molecule is NCC(=O)NC12CC3CC(CC(C3)C1)C2. The van der Waals surface area contributed by atoms with Crippen LogP contribution in [0.15, 0.2) is 0 Å². The summed E-state index contributed by atoms with van der Waals surface area (Å²) in [4.78, 5) is 11.5. The van der Waals surface area contributed by atoms with Crippen LogP contribution in [0.4, 0.5) is 0 Å². The minimum absolute atomic E-state index is 0.0388. The minimum Gasteiger partial charge on any atom is -0.350 e. The second-order valence-corrected chi connectivity index (χ2v) is 5.95. The van der Waals surface area contributed by atoms with Crippen molar-refractivity contribution in [3.8, 4) is 0 Å². The lowest BCUT2D eigenvalue weighted by molar-refractivity contribution is -0.125. The molecule has 4 aliphatic carbocycles. The van der Waals surface area contributed by atoms with E-state index in [0.29, 0.717) is 0 Å². The summed E-state index contributed by atoms with van der Waals surface area (Å²) in [5.41, 5.74) is 5.53. The molecule has 0 aromatic rings. The molecule has 0 aromatic heterocycles. The van der Waals surface area contributed by atoms with Gasteiger partial charge in [0.25, 0.3) is 0 Å². The van der Waals surface area contributed by atoms with Crippen LogP contribution < -0.4 is 11.1 Å². The molecule has 1 amide bonds. The molecule has 84 valence electrons. The van der Waals surface area contributed by atoms with Gasteiger partial charge in [-0.25, -0.2) is 0 Å². The van der Waals surface area contributed by atoms with Crippen molar-refractivity contribution >= 4 is 5.91 Å². The predicted octanol–water partition coefficient (Wildman–Crippen LogP) is 1.03. The Hall–Kier alpha value is -0.570. The zero-order valence-electron chi connectivity index (χ0n) is 9.17. The van der Waals surface area contributed by atoms with Gasteiger partial charge in [-0.3, -0.25) is 4.79 Å². The molecule has 0 spiro atoms.